The standard InChI is InChI=1S/C27H25FN2O3.C3H8O.H2O/c28-21-6-8-22(9-7-21)30-15-13-29(14-16-30)12-11-24-23-4-2-1-3-20(23)18-33-26-10-5-19(27(31)32)17-25(24)26;1-3(2)4;/h1-11,17H,12-16,18H2,(H,31,32);3-4H,1-2H3;1H2. The molecule has 0 spiro atoms. The summed E-state index contributed by atoms with van der Waals surface area (Å²) in [5.41, 5.74) is 5.25. The van der Waals surface area contributed by atoms with Gasteiger partial charge in [0.05, 0.1) is 5.56 Å². The average molecular weight is 523 g/mol. The Labute approximate surface area is 222 Å². The molecular formula is C30H35FN2O5. The summed E-state index contributed by atoms with van der Waals surface area (Å²) in [4.78, 5) is 16.2. The van der Waals surface area contributed by atoms with Crippen molar-refractivity contribution in [2.75, 3.05) is 37.6 Å². The van der Waals surface area contributed by atoms with Crippen LogP contribution >= 0.6 is 0 Å². The lowest BCUT2D eigenvalue weighted by Crippen LogP contribution is -2.46. The molecule has 2 aliphatic rings. The fraction of sp³-hybridized carbons (Fsp3) is 0.300. The molecule has 3 aromatic carbocycles. The molecule has 0 aromatic heterocycles. The number of carboxylic acids is 1. The molecule has 1 saturated heterocycles. The largest absolute Gasteiger partial charge is 0.488 e. The van der Waals surface area contributed by atoms with Gasteiger partial charge in [-0.2, -0.15) is 0 Å². The third-order valence-electron chi connectivity index (χ3n) is 6.33. The van der Waals surface area contributed by atoms with E-state index in [4.69, 9.17) is 9.84 Å². The van der Waals surface area contributed by atoms with Crippen molar-refractivity contribution in [2.24, 2.45) is 0 Å². The Morgan fingerprint density at radius 3 is 2.32 bits per heavy atom. The molecule has 5 rings (SSSR count). The summed E-state index contributed by atoms with van der Waals surface area (Å²) in [6.45, 7) is 8.16. The van der Waals surface area contributed by atoms with Gasteiger partial charge in [0, 0.05) is 50.1 Å². The molecule has 0 aliphatic carbocycles. The summed E-state index contributed by atoms with van der Waals surface area (Å²) in [5, 5.41) is 17.6. The monoisotopic (exact) mass is 522 g/mol. The van der Waals surface area contributed by atoms with Gasteiger partial charge in [-0.05, 0) is 73.0 Å². The first kappa shape index (κ1) is 28.8. The minimum atomic E-state index is -0.952. The number of hydrogen-bond acceptors (Lipinski definition) is 5. The molecule has 202 valence electrons. The zero-order chi connectivity index (χ0) is 26.4. The molecule has 0 saturated carbocycles. The molecule has 7 nitrogen and oxygen atoms in total. The van der Waals surface area contributed by atoms with Crippen LogP contribution in [0.1, 0.15) is 40.9 Å². The van der Waals surface area contributed by atoms with E-state index in [0.717, 1.165) is 60.7 Å². The number of aliphatic hydroxyl groups is 1. The highest BCUT2D eigenvalue weighted by atomic mass is 19.1. The Bertz CT molecular complexity index is 1250. The second kappa shape index (κ2) is 13.2. The first-order chi connectivity index (χ1) is 17.8. The molecule has 1 fully saturated rings. The van der Waals surface area contributed by atoms with E-state index in [0.29, 0.717) is 12.4 Å². The molecule has 0 atom stereocenters. The molecule has 0 unspecified atom stereocenters. The Kier molecular flexibility index (Phi) is 10.0. The molecule has 0 amide bonds. The summed E-state index contributed by atoms with van der Waals surface area (Å²) >= 11 is 0. The number of rotatable bonds is 4. The van der Waals surface area contributed by atoms with Gasteiger partial charge in [0.2, 0.25) is 0 Å². The molecule has 4 N–H and O–H groups in total. The van der Waals surface area contributed by atoms with Crippen molar-refractivity contribution in [3.8, 4) is 5.75 Å². The number of carbonyl (C=O) groups is 1. The Balaban J connectivity index is 0.000000749. The van der Waals surface area contributed by atoms with Crippen molar-refractivity contribution in [3.63, 3.8) is 0 Å². The number of nitrogens with zero attached hydrogens (tertiary/aromatic N) is 2. The third-order valence-corrected chi connectivity index (χ3v) is 6.33. The van der Waals surface area contributed by atoms with Crippen LogP contribution in [-0.4, -0.2) is 65.4 Å². The van der Waals surface area contributed by atoms with Crippen molar-refractivity contribution >= 4 is 17.2 Å². The van der Waals surface area contributed by atoms with E-state index < -0.39 is 5.97 Å². The van der Waals surface area contributed by atoms with Gasteiger partial charge in [-0.25, -0.2) is 9.18 Å². The van der Waals surface area contributed by atoms with E-state index in [1.165, 1.54) is 12.1 Å². The van der Waals surface area contributed by atoms with Gasteiger partial charge in [-0.3, -0.25) is 4.90 Å². The van der Waals surface area contributed by atoms with Gasteiger partial charge < -0.3 is 25.3 Å². The van der Waals surface area contributed by atoms with E-state index >= 15 is 0 Å². The van der Waals surface area contributed by atoms with Crippen LogP contribution in [0, 0.1) is 5.82 Å². The van der Waals surface area contributed by atoms with Gasteiger partial charge in [0.1, 0.15) is 18.2 Å². The number of carboxylic acid groups (broad SMARTS) is 1. The van der Waals surface area contributed by atoms with E-state index in [9.17, 15) is 14.3 Å². The van der Waals surface area contributed by atoms with Crippen molar-refractivity contribution in [2.45, 2.75) is 26.6 Å². The summed E-state index contributed by atoms with van der Waals surface area (Å²) in [5.74, 6) is -0.474. The number of halogens is 1. The number of fused-ring (bicyclic) bond motifs is 2. The van der Waals surface area contributed by atoms with E-state index in [1.54, 1.807) is 32.0 Å². The van der Waals surface area contributed by atoms with Crippen LogP contribution in [0.15, 0.2) is 72.8 Å². The van der Waals surface area contributed by atoms with Gasteiger partial charge in [-0.15, -0.1) is 0 Å². The number of hydrogen-bond donors (Lipinski definition) is 2. The minimum Gasteiger partial charge on any atom is -0.488 e. The first-order valence-corrected chi connectivity index (χ1v) is 12.5. The second-order valence-corrected chi connectivity index (χ2v) is 9.44. The maximum Gasteiger partial charge on any atom is 0.335 e. The van der Waals surface area contributed by atoms with E-state index in [-0.39, 0.29) is 23.0 Å². The van der Waals surface area contributed by atoms with Crippen LogP contribution in [0.5, 0.6) is 5.75 Å². The molecule has 8 heteroatoms. The first-order valence-electron chi connectivity index (χ1n) is 12.5. The SMILES string of the molecule is CC(C)O.O.O=C(O)c1ccc2c(c1)C(=CCN1CCN(c3ccc(F)cc3)CC1)c1ccccc1CO2. The lowest BCUT2D eigenvalue weighted by atomic mass is 9.93. The maximum absolute atomic E-state index is 13.2. The molecule has 0 radical (unpaired) electrons. The minimum absolute atomic E-state index is 0. The summed E-state index contributed by atoms with van der Waals surface area (Å²) in [6, 6.07) is 19.8. The quantitative estimate of drug-likeness (QED) is 0.531. The predicted molar refractivity (Wildman–Crippen MR) is 147 cm³/mol. The third kappa shape index (κ3) is 7.19. The summed E-state index contributed by atoms with van der Waals surface area (Å²) in [7, 11) is 0. The predicted octanol–water partition coefficient (Wildman–Crippen LogP) is 4.23. The number of aromatic carboxylic acids is 1. The number of aliphatic hydroxyl groups excluding tert-OH is 1. The van der Waals surface area contributed by atoms with Crippen molar-refractivity contribution in [1.82, 2.24) is 4.90 Å². The molecule has 0 bridgehead atoms. The van der Waals surface area contributed by atoms with Crippen molar-refractivity contribution in [3.05, 3.63) is 101 Å². The fourth-order valence-corrected chi connectivity index (χ4v) is 4.49. The Morgan fingerprint density at radius 2 is 1.66 bits per heavy atom. The molecule has 2 heterocycles. The van der Waals surface area contributed by atoms with Crippen LogP contribution in [0.2, 0.25) is 0 Å². The van der Waals surface area contributed by atoms with Crippen LogP contribution in [0.25, 0.3) is 5.57 Å². The lowest BCUT2D eigenvalue weighted by molar-refractivity contribution is 0.0696. The van der Waals surface area contributed by atoms with Crippen LogP contribution in [0.3, 0.4) is 0 Å². The van der Waals surface area contributed by atoms with Gasteiger partial charge in [-0.1, -0.05) is 30.3 Å². The summed E-state index contributed by atoms with van der Waals surface area (Å²) < 4.78 is 19.3. The van der Waals surface area contributed by atoms with Gasteiger partial charge >= 0.3 is 5.97 Å². The highest BCUT2D eigenvalue weighted by molar-refractivity contribution is 5.92. The highest BCUT2D eigenvalue weighted by Gasteiger charge is 2.22. The topological polar surface area (TPSA) is 105 Å². The molecular weight excluding hydrogens is 487 g/mol. The number of benzene rings is 3. The fourth-order valence-electron chi connectivity index (χ4n) is 4.49. The van der Waals surface area contributed by atoms with Gasteiger partial charge in [0.25, 0.3) is 0 Å². The molecule has 3 aromatic rings. The Hall–Kier alpha value is -3.72. The van der Waals surface area contributed by atoms with E-state index in [2.05, 4.69) is 28.0 Å². The highest BCUT2D eigenvalue weighted by Crippen LogP contribution is 2.37. The Morgan fingerprint density at radius 1 is 1.00 bits per heavy atom. The second-order valence-electron chi connectivity index (χ2n) is 9.44. The number of anilines is 1. The van der Waals surface area contributed by atoms with Crippen LogP contribution in [0.4, 0.5) is 10.1 Å². The normalized spacial score (nSPS) is 15.8. The number of piperazine rings is 1. The van der Waals surface area contributed by atoms with Crippen molar-refractivity contribution in [1.29, 1.82) is 0 Å². The maximum atomic E-state index is 13.2. The smallest absolute Gasteiger partial charge is 0.335 e. The lowest BCUT2D eigenvalue weighted by Gasteiger charge is -2.35. The summed E-state index contributed by atoms with van der Waals surface area (Å²) in [6.07, 6.45) is 2.02. The van der Waals surface area contributed by atoms with Gasteiger partial charge in [0.15, 0.2) is 0 Å². The zero-order valence-corrected chi connectivity index (χ0v) is 21.7. The average Bonchev–Trinajstić information content (AvgIpc) is 3.04. The number of ether oxygens (including phenoxy) is 1. The van der Waals surface area contributed by atoms with Crippen molar-refractivity contribution < 1.29 is 29.6 Å². The van der Waals surface area contributed by atoms with Crippen LogP contribution < -0.4 is 9.64 Å². The van der Waals surface area contributed by atoms with Crippen LogP contribution in [-0.2, 0) is 6.61 Å². The molecule has 38 heavy (non-hydrogen) atoms. The van der Waals surface area contributed by atoms with E-state index in [1.807, 2.05) is 24.3 Å². The molecule has 2 aliphatic heterocycles. The zero-order valence-electron chi connectivity index (χ0n) is 21.7.